The highest BCUT2D eigenvalue weighted by Gasteiger charge is 2.46. The number of carbonyl (C=O) groups excluding carboxylic acids is 1. The number of rotatable bonds is 5. The van der Waals surface area contributed by atoms with E-state index in [1.54, 1.807) is 0 Å². The fourth-order valence-corrected chi connectivity index (χ4v) is 3.89. The van der Waals surface area contributed by atoms with Crippen LogP contribution in [0.2, 0.25) is 0 Å². The molecule has 1 aliphatic carbocycles. The molecule has 0 aromatic carbocycles. The smallest absolute Gasteiger partial charge is 0.238 e. The van der Waals surface area contributed by atoms with Crippen LogP contribution < -0.4 is 11.1 Å². The first kappa shape index (κ1) is 13.8. The van der Waals surface area contributed by atoms with E-state index in [0.29, 0.717) is 12.0 Å². The highest BCUT2D eigenvalue weighted by molar-refractivity contribution is 5.85. The topological polar surface area (TPSA) is 58.4 Å². The van der Waals surface area contributed by atoms with Gasteiger partial charge in [0.05, 0.1) is 0 Å². The average molecular weight is 253 g/mol. The van der Waals surface area contributed by atoms with E-state index in [2.05, 4.69) is 17.1 Å². The zero-order valence-electron chi connectivity index (χ0n) is 11.7. The average Bonchev–Trinajstić information content (AvgIpc) is 2.93. The Balaban J connectivity index is 1.93. The predicted molar refractivity (Wildman–Crippen MR) is 73.2 cm³/mol. The Morgan fingerprint density at radius 1 is 1.44 bits per heavy atom. The first-order valence-corrected chi connectivity index (χ1v) is 7.33. The van der Waals surface area contributed by atoms with E-state index in [1.165, 1.54) is 19.4 Å². The van der Waals surface area contributed by atoms with Crippen LogP contribution in [0.3, 0.4) is 0 Å². The molecule has 1 amide bonds. The molecule has 0 aromatic heterocycles. The third-order valence-electron chi connectivity index (χ3n) is 5.16. The lowest BCUT2D eigenvalue weighted by molar-refractivity contribution is -0.125. The van der Waals surface area contributed by atoms with Crippen molar-refractivity contribution in [3.8, 4) is 0 Å². The lowest BCUT2D eigenvalue weighted by atomic mass is 9.84. The number of amides is 1. The van der Waals surface area contributed by atoms with Crippen molar-refractivity contribution in [2.75, 3.05) is 20.1 Å². The predicted octanol–water partition coefficient (Wildman–Crippen LogP) is 1.10. The molecule has 0 aromatic rings. The molecule has 0 bridgehead atoms. The molecular weight excluding hydrogens is 226 g/mol. The van der Waals surface area contributed by atoms with E-state index >= 15 is 0 Å². The molecule has 104 valence electrons. The summed E-state index contributed by atoms with van der Waals surface area (Å²) in [4.78, 5) is 14.3. The normalized spacial score (nSPS) is 37.2. The standard InChI is InChI=1S/C14H27N3O/c1-11-5-4-9-17(11)10-7-12-6-3-8-14(12,16-2)13(15)18/h11-12,16H,3-10H2,1-2H3,(H2,15,18). The summed E-state index contributed by atoms with van der Waals surface area (Å²) in [6.07, 6.45) is 6.87. The van der Waals surface area contributed by atoms with Crippen molar-refractivity contribution < 1.29 is 4.79 Å². The minimum atomic E-state index is -0.442. The van der Waals surface area contributed by atoms with Gasteiger partial charge in [-0.2, -0.15) is 0 Å². The van der Waals surface area contributed by atoms with E-state index in [-0.39, 0.29) is 5.91 Å². The fraction of sp³-hybridized carbons (Fsp3) is 0.929. The largest absolute Gasteiger partial charge is 0.368 e. The number of hydrogen-bond donors (Lipinski definition) is 2. The van der Waals surface area contributed by atoms with Gasteiger partial charge < -0.3 is 16.0 Å². The Bertz CT molecular complexity index is 307. The number of hydrogen-bond acceptors (Lipinski definition) is 3. The van der Waals surface area contributed by atoms with Crippen LogP contribution in [0.5, 0.6) is 0 Å². The minimum absolute atomic E-state index is 0.165. The lowest BCUT2D eigenvalue weighted by Crippen LogP contribution is -2.56. The fourth-order valence-electron chi connectivity index (χ4n) is 3.89. The maximum atomic E-state index is 11.8. The minimum Gasteiger partial charge on any atom is -0.368 e. The highest BCUT2D eigenvalue weighted by atomic mass is 16.1. The maximum Gasteiger partial charge on any atom is 0.238 e. The number of likely N-dealkylation sites (N-methyl/N-ethyl adjacent to an activating group) is 1. The van der Waals surface area contributed by atoms with E-state index in [1.807, 2.05) is 7.05 Å². The molecule has 1 saturated carbocycles. The summed E-state index contributed by atoms with van der Waals surface area (Å²) in [6, 6.07) is 0.712. The molecule has 1 aliphatic heterocycles. The van der Waals surface area contributed by atoms with E-state index < -0.39 is 5.54 Å². The van der Waals surface area contributed by atoms with Gasteiger partial charge >= 0.3 is 0 Å². The maximum absolute atomic E-state index is 11.8. The number of nitrogens with zero attached hydrogens (tertiary/aromatic N) is 1. The summed E-state index contributed by atoms with van der Waals surface area (Å²) in [5, 5.41) is 3.22. The van der Waals surface area contributed by atoms with Crippen LogP contribution in [0.1, 0.15) is 45.4 Å². The zero-order chi connectivity index (χ0) is 13.2. The first-order valence-electron chi connectivity index (χ1n) is 7.33. The van der Waals surface area contributed by atoms with E-state index in [0.717, 1.165) is 32.2 Å². The number of likely N-dealkylation sites (tertiary alicyclic amines) is 1. The number of nitrogens with two attached hydrogens (primary N) is 1. The van der Waals surface area contributed by atoms with Gasteiger partial charge in [0.25, 0.3) is 0 Å². The molecule has 3 unspecified atom stereocenters. The quantitative estimate of drug-likeness (QED) is 0.771. The molecular formula is C14H27N3O. The number of nitrogens with one attached hydrogen (secondary N) is 1. The molecule has 0 spiro atoms. The van der Waals surface area contributed by atoms with Gasteiger partial charge in [-0.1, -0.05) is 6.42 Å². The van der Waals surface area contributed by atoms with Crippen LogP contribution in [-0.2, 0) is 4.79 Å². The Morgan fingerprint density at radius 2 is 2.22 bits per heavy atom. The molecule has 2 fully saturated rings. The summed E-state index contributed by atoms with van der Waals surface area (Å²) < 4.78 is 0. The number of carbonyl (C=O) groups is 1. The van der Waals surface area contributed by atoms with Crippen molar-refractivity contribution in [1.29, 1.82) is 0 Å². The molecule has 1 heterocycles. The van der Waals surface area contributed by atoms with Crippen LogP contribution in [-0.4, -0.2) is 42.5 Å². The van der Waals surface area contributed by atoms with Gasteiger partial charge in [0.1, 0.15) is 5.54 Å². The molecule has 4 nitrogen and oxygen atoms in total. The summed E-state index contributed by atoms with van der Waals surface area (Å²) in [7, 11) is 1.88. The second kappa shape index (κ2) is 5.57. The van der Waals surface area contributed by atoms with Gasteiger partial charge in [0.2, 0.25) is 5.91 Å². The van der Waals surface area contributed by atoms with Crippen molar-refractivity contribution in [3.05, 3.63) is 0 Å². The third-order valence-corrected chi connectivity index (χ3v) is 5.16. The SMILES string of the molecule is CNC1(C(N)=O)CCCC1CCN1CCCC1C. The Hall–Kier alpha value is -0.610. The summed E-state index contributed by atoms with van der Waals surface area (Å²) in [6.45, 7) is 4.64. The Labute approximate surface area is 110 Å². The molecule has 4 heteroatoms. The van der Waals surface area contributed by atoms with Crippen molar-refractivity contribution >= 4 is 5.91 Å². The first-order chi connectivity index (χ1) is 8.60. The van der Waals surface area contributed by atoms with E-state index in [9.17, 15) is 4.79 Å². The van der Waals surface area contributed by atoms with Crippen LogP contribution in [0, 0.1) is 5.92 Å². The Morgan fingerprint density at radius 3 is 2.78 bits per heavy atom. The van der Waals surface area contributed by atoms with Gasteiger partial charge in [0.15, 0.2) is 0 Å². The van der Waals surface area contributed by atoms with Gasteiger partial charge in [-0.25, -0.2) is 0 Å². The lowest BCUT2D eigenvalue weighted by Gasteiger charge is -2.33. The van der Waals surface area contributed by atoms with Crippen molar-refractivity contribution in [2.45, 2.75) is 57.0 Å². The van der Waals surface area contributed by atoms with Gasteiger partial charge in [0, 0.05) is 6.04 Å². The van der Waals surface area contributed by atoms with E-state index in [4.69, 9.17) is 5.73 Å². The van der Waals surface area contributed by atoms with Crippen molar-refractivity contribution in [2.24, 2.45) is 11.7 Å². The van der Waals surface area contributed by atoms with Crippen LogP contribution in [0.25, 0.3) is 0 Å². The summed E-state index contributed by atoms with van der Waals surface area (Å²) in [5.74, 6) is 0.245. The zero-order valence-corrected chi connectivity index (χ0v) is 11.7. The van der Waals surface area contributed by atoms with Crippen molar-refractivity contribution in [1.82, 2.24) is 10.2 Å². The van der Waals surface area contributed by atoms with Crippen LogP contribution >= 0.6 is 0 Å². The van der Waals surface area contributed by atoms with Gasteiger partial charge in [-0.3, -0.25) is 4.79 Å². The highest BCUT2D eigenvalue weighted by Crippen LogP contribution is 2.38. The molecule has 18 heavy (non-hydrogen) atoms. The second-order valence-corrected chi connectivity index (χ2v) is 5.99. The molecule has 2 rings (SSSR count). The molecule has 2 aliphatic rings. The monoisotopic (exact) mass is 253 g/mol. The molecule has 3 atom stereocenters. The summed E-state index contributed by atoms with van der Waals surface area (Å²) in [5.41, 5.74) is 5.19. The van der Waals surface area contributed by atoms with Crippen molar-refractivity contribution in [3.63, 3.8) is 0 Å². The van der Waals surface area contributed by atoms with Gasteiger partial charge in [-0.15, -0.1) is 0 Å². The molecule has 0 radical (unpaired) electrons. The third kappa shape index (κ3) is 2.41. The van der Waals surface area contributed by atoms with Crippen LogP contribution in [0.15, 0.2) is 0 Å². The van der Waals surface area contributed by atoms with Gasteiger partial charge in [-0.05, 0) is 65.1 Å². The molecule has 1 saturated heterocycles. The molecule has 3 N–H and O–H groups in total. The van der Waals surface area contributed by atoms with Crippen LogP contribution in [0.4, 0.5) is 0 Å². The number of primary amides is 1. The summed E-state index contributed by atoms with van der Waals surface area (Å²) >= 11 is 0. The second-order valence-electron chi connectivity index (χ2n) is 5.99. The Kier molecular flexibility index (Phi) is 4.28.